The zero-order valence-electron chi connectivity index (χ0n) is 31.6. The van der Waals surface area contributed by atoms with Crippen LogP contribution in [0.3, 0.4) is 0 Å². The minimum Gasteiger partial charge on any atom is -0.355 e. The summed E-state index contributed by atoms with van der Waals surface area (Å²) in [5.41, 5.74) is 2.85. The fourth-order valence-electron chi connectivity index (χ4n) is 7.59. The molecular formula is C38H50FN11O5S. The monoisotopic (exact) mass is 791 g/mol. The Balaban J connectivity index is 0.714. The highest BCUT2D eigenvalue weighted by molar-refractivity contribution is 7.14. The van der Waals surface area contributed by atoms with Crippen LogP contribution in [-0.2, 0) is 45.7 Å². The maximum Gasteiger partial charge on any atom is 0.265 e. The average molecular weight is 792 g/mol. The van der Waals surface area contributed by atoms with Gasteiger partial charge in [0.2, 0.25) is 29.6 Å². The van der Waals surface area contributed by atoms with Crippen LogP contribution in [0.4, 0.5) is 10.3 Å². The first-order chi connectivity index (χ1) is 27.1. The molecule has 3 aromatic heterocycles. The first-order valence-electron chi connectivity index (χ1n) is 19.6. The zero-order valence-corrected chi connectivity index (χ0v) is 32.4. The summed E-state index contributed by atoms with van der Waals surface area (Å²) < 4.78 is 16.7. The number of rotatable bonds is 18. The van der Waals surface area contributed by atoms with E-state index < -0.39 is 17.8 Å². The topological polar surface area (TPSA) is 204 Å². The number of hydrogen-bond acceptors (Lipinski definition) is 12. The molecule has 2 aliphatic heterocycles. The fraction of sp³-hybridized carbons (Fsp3) is 0.579. The van der Waals surface area contributed by atoms with E-state index in [2.05, 4.69) is 47.0 Å². The lowest BCUT2D eigenvalue weighted by atomic mass is 9.91. The average Bonchev–Trinajstić information content (AvgIpc) is 3.70. The third-order valence-electron chi connectivity index (χ3n) is 10.9. The Morgan fingerprint density at radius 2 is 1.73 bits per heavy atom. The molecule has 1 saturated heterocycles. The summed E-state index contributed by atoms with van der Waals surface area (Å²) in [6, 6.07) is 1.65. The van der Waals surface area contributed by atoms with Crippen LogP contribution < -0.4 is 31.9 Å². The Morgan fingerprint density at radius 1 is 0.964 bits per heavy atom. The van der Waals surface area contributed by atoms with E-state index in [0.29, 0.717) is 49.3 Å². The summed E-state index contributed by atoms with van der Waals surface area (Å²) in [5, 5.41) is 22.4. The predicted octanol–water partition coefficient (Wildman–Crippen LogP) is 1.91. The Kier molecular flexibility index (Phi) is 12.7. The molecule has 0 spiro atoms. The highest BCUT2D eigenvalue weighted by Crippen LogP contribution is 2.36. The van der Waals surface area contributed by atoms with Crippen LogP contribution in [0.1, 0.15) is 90.0 Å². The molecule has 1 atom stereocenters. The Hall–Kier alpha value is -4.81. The number of imide groups is 1. The van der Waals surface area contributed by atoms with Gasteiger partial charge in [0.1, 0.15) is 11.7 Å². The van der Waals surface area contributed by atoms with Gasteiger partial charge in [0.25, 0.3) is 5.91 Å². The van der Waals surface area contributed by atoms with Crippen molar-refractivity contribution in [2.24, 2.45) is 13.0 Å². The molecule has 18 heteroatoms. The molecule has 3 aromatic rings. The van der Waals surface area contributed by atoms with Crippen LogP contribution in [-0.4, -0.2) is 98.5 Å². The van der Waals surface area contributed by atoms with Crippen molar-refractivity contribution in [3.63, 3.8) is 0 Å². The van der Waals surface area contributed by atoms with Crippen LogP contribution >= 0.6 is 11.3 Å². The van der Waals surface area contributed by atoms with Crippen molar-refractivity contribution in [2.45, 2.75) is 102 Å². The number of nitrogens with one attached hydrogen (secondary N) is 6. The number of aryl methyl sites for hydroxylation is 1. The van der Waals surface area contributed by atoms with Gasteiger partial charge in [-0.15, -0.1) is 11.3 Å². The molecule has 16 nitrogen and oxygen atoms in total. The number of aromatic nitrogens is 4. The summed E-state index contributed by atoms with van der Waals surface area (Å²) in [7, 11) is 1.89. The molecule has 0 radical (unpaired) electrons. The van der Waals surface area contributed by atoms with Gasteiger partial charge in [0.05, 0.1) is 36.9 Å². The van der Waals surface area contributed by atoms with Crippen molar-refractivity contribution in [3.05, 3.63) is 45.3 Å². The molecule has 5 amide bonds. The van der Waals surface area contributed by atoms with E-state index in [1.807, 2.05) is 17.8 Å². The van der Waals surface area contributed by atoms with E-state index in [9.17, 15) is 28.4 Å². The maximum absolute atomic E-state index is 14.8. The second-order valence-electron chi connectivity index (χ2n) is 15.2. The SMILES string of the molecule is Cn1ncc(-c2nc(NC3CCC(NCC(=O)NCCCCNCC(=O)NCc4cc5c(s4)C(=O)N(C4CCC(=O)NC4=O)C5)CC3)ncc2F)c1CC1CC1. The first kappa shape index (κ1) is 39.4. The van der Waals surface area contributed by atoms with E-state index in [4.69, 9.17) is 0 Å². The largest absolute Gasteiger partial charge is 0.355 e. The molecule has 5 heterocycles. The molecular weight excluding hydrogens is 742 g/mol. The fourth-order valence-corrected chi connectivity index (χ4v) is 8.66. The number of hydrogen-bond donors (Lipinski definition) is 6. The number of amides is 5. The van der Waals surface area contributed by atoms with Gasteiger partial charge < -0.3 is 31.5 Å². The second-order valence-corrected chi connectivity index (χ2v) is 16.4. The Labute approximate surface area is 328 Å². The summed E-state index contributed by atoms with van der Waals surface area (Å²) in [6.07, 6.45) is 11.8. The molecule has 6 N–H and O–H groups in total. The minimum absolute atomic E-state index is 0.0498. The smallest absolute Gasteiger partial charge is 0.265 e. The van der Waals surface area contributed by atoms with Crippen molar-refractivity contribution in [3.8, 4) is 11.3 Å². The standard InChI is InChI=1S/C38H50FN11O5S/c1-49-30(14-22-4-5-22)27(17-45-49)34-28(39)18-44-38(48-34)46-25-8-6-24(7-9-25)42-20-33(53)41-13-3-2-12-40-19-32(52)43-16-26-15-23-21-50(37(55)35(23)56-26)29-10-11-31(51)47-36(29)54/h15,17-18,22,24-25,29,40,42H,2-14,16,19-21H2,1H3,(H,41,53)(H,43,52)(H,44,46,48)(H,47,51,54). The molecule has 7 rings (SSSR count). The molecule has 2 saturated carbocycles. The van der Waals surface area contributed by atoms with E-state index in [1.54, 1.807) is 6.20 Å². The van der Waals surface area contributed by atoms with E-state index in [-0.39, 0.29) is 60.9 Å². The zero-order chi connectivity index (χ0) is 39.2. The van der Waals surface area contributed by atoms with Gasteiger partial charge in [0.15, 0.2) is 5.82 Å². The molecule has 4 aliphatic rings. The van der Waals surface area contributed by atoms with Crippen LogP contribution in [0.5, 0.6) is 0 Å². The van der Waals surface area contributed by atoms with Crippen molar-refractivity contribution in [1.29, 1.82) is 0 Å². The quantitative estimate of drug-likeness (QED) is 0.0812. The molecule has 0 aromatic carbocycles. The summed E-state index contributed by atoms with van der Waals surface area (Å²) in [5.74, 6) is -0.575. The van der Waals surface area contributed by atoms with Gasteiger partial charge in [-0.1, -0.05) is 0 Å². The molecule has 0 bridgehead atoms. The third-order valence-corrected chi connectivity index (χ3v) is 12.1. The Bertz CT molecular complexity index is 1940. The van der Waals surface area contributed by atoms with Crippen LogP contribution in [0.15, 0.2) is 18.5 Å². The highest BCUT2D eigenvalue weighted by atomic mass is 32.1. The number of piperidine rings is 1. The second kappa shape index (κ2) is 18.0. The number of fused-ring (bicyclic) bond motifs is 1. The van der Waals surface area contributed by atoms with Gasteiger partial charge >= 0.3 is 0 Å². The summed E-state index contributed by atoms with van der Waals surface area (Å²) >= 11 is 1.31. The maximum atomic E-state index is 14.8. The normalized spacial score (nSPS) is 20.9. The molecule has 3 fully saturated rings. The number of nitrogens with zero attached hydrogens (tertiary/aromatic N) is 5. The van der Waals surface area contributed by atoms with Crippen molar-refractivity contribution >= 4 is 46.8 Å². The van der Waals surface area contributed by atoms with E-state index >= 15 is 0 Å². The minimum atomic E-state index is -0.639. The van der Waals surface area contributed by atoms with Gasteiger partial charge in [-0.05, 0) is 88.3 Å². The lowest BCUT2D eigenvalue weighted by molar-refractivity contribution is -0.137. The first-order valence-corrected chi connectivity index (χ1v) is 20.5. The highest BCUT2D eigenvalue weighted by Gasteiger charge is 2.40. The van der Waals surface area contributed by atoms with Crippen molar-refractivity contribution in [1.82, 2.24) is 51.2 Å². The predicted molar refractivity (Wildman–Crippen MR) is 206 cm³/mol. The van der Waals surface area contributed by atoms with Crippen LogP contribution in [0, 0.1) is 11.7 Å². The lowest BCUT2D eigenvalue weighted by Gasteiger charge is -2.29. The molecule has 56 heavy (non-hydrogen) atoms. The number of unbranched alkanes of at least 4 members (excludes halogenated alkanes) is 1. The summed E-state index contributed by atoms with van der Waals surface area (Å²) in [4.78, 5) is 73.1. The molecule has 1 unspecified atom stereocenters. The van der Waals surface area contributed by atoms with Crippen molar-refractivity contribution in [2.75, 3.05) is 31.5 Å². The van der Waals surface area contributed by atoms with Gasteiger partial charge in [-0.3, -0.25) is 34.0 Å². The number of anilines is 1. The third kappa shape index (κ3) is 9.94. The van der Waals surface area contributed by atoms with Crippen LogP contribution in [0.25, 0.3) is 11.3 Å². The van der Waals surface area contributed by atoms with Gasteiger partial charge in [-0.25, -0.2) is 14.4 Å². The summed E-state index contributed by atoms with van der Waals surface area (Å²) in [6.45, 7) is 2.21. The molecule has 300 valence electrons. The Morgan fingerprint density at radius 3 is 2.50 bits per heavy atom. The lowest BCUT2D eigenvalue weighted by Crippen LogP contribution is -2.52. The van der Waals surface area contributed by atoms with Gasteiger partial charge in [0, 0.05) is 54.8 Å². The van der Waals surface area contributed by atoms with E-state index in [1.165, 1.54) is 35.3 Å². The van der Waals surface area contributed by atoms with Crippen molar-refractivity contribution < 1.29 is 28.4 Å². The number of halogens is 1. The molecule has 2 aliphatic carbocycles. The van der Waals surface area contributed by atoms with Gasteiger partial charge in [-0.2, -0.15) is 5.10 Å². The number of thiophene rings is 1. The number of carbonyl (C=O) groups is 5. The van der Waals surface area contributed by atoms with E-state index in [0.717, 1.165) is 66.6 Å². The number of carbonyl (C=O) groups excluding carboxylic acids is 5. The van der Waals surface area contributed by atoms with Crippen LogP contribution in [0.2, 0.25) is 0 Å².